The fraction of sp³-hybridized carbons (Fsp3) is 0. The first kappa shape index (κ1) is 12.2. The van der Waals surface area contributed by atoms with Crippen molar-refractivity contribution in [3.63, 3.8) is 0 Å². The van der Waals surface area contributed by atoms with Crippen LogP contribution in [0.2, 0.25) is 0 Å². The molecule has 0 saturated heterocycles. The smallest absolute Gasteiger partial charge is 0.274 e. The van der Waals surface area contributed by atoms with Crippen LogP contribution in [0.4, 0.5) is 10.1 Å². The number of carbonyl (C=O) groups is 1. The van der Waals surface area contributed by atoms with Crippen molar-refractivity contribution in [3.8, 4) is 0 Å². The van der Waals surface area contributed by atoms with Crippen LogP contribution in [0.3, 0.4) is 0 Å². The van der Waals surface area contributed by atoms with Crippen LogP contribution in [-0.2, 0) is 0 Å². The van der Waals surface area contributed by atoms with E-state index in [1.54, 1.807) is 30.6 Å². The zero-order valence-corrected chi connectivity index (χ0v) is 10.4. The minimum Gasteiger partial charge on any atom is -0.321 e. The van der Waals surface area contributed by atoms with Gasteiger partial charge in [-0.15, -0.1) is 0 Å². The van der Waals surface area contributed by atoms with Crippen molar-refractivity contribution in [2.75, 3.05) is 5.32 Å². The number of hydrogen-bond acceptors (Lipinski definition) is 3. The van der Waals surface area contributed by atoms with Crippen LogP contribution in [0.1, 0.15) is 10.5 Å². The predicted octanol–water partition coefficient (Wildman–Crippen LogP) is 3.02. The van der Waals surface area contributed by atoms with Crippen molar-refractivity contribution in [1.82, 2.24) is 9.97 Å². The predicted molar refractivity (Wildman–Crippen MR) is 73.9 cm³/mol. The molecular weight excluding hydrogens is 257 g/mol. The third-order valence-corrected chi connectivity index (χ3v) is 2.82. The highest BCUT2D eigenvalue weighted by molar-refractivity contribution is 6.03. The average molecular weight is 267 g/mol. The molecule has 98 valence electrons. The first-order valence-electron chi connectivity index (χ1n) is 6.00. The Hall–Kier alpha value is -2.82. The number of fused-ring (bicyclic) bond motifs is 1. The van der Waals surface area contributed by atoms with Gasteiger partial charge in [0.05, 0.1) is 5.52 Å². The Labute approximate surface area is 114 Å². The number of nitrogens with one attached hydrogen (secondary N) is 1. The summed E-state index contributed by atoms with van der Waals surface area (Å²) in [5, 5.41) is 3.53. The summed E-state index contributed by atoms with van der Waals surface area (Å²) in [6.45, 7) is 0. The standard InChI is InChI=1S/C15H10FN3O/c16-11-2-4-12(5-3-11)18-15(20)14-6-1-10-9-17-8-7-13(10)19-14/h1-9H,(H,18,20). The van der Waals surface area contributed by atoms with Crippen molar-refractivity contribution in [2.24, 2.45) is 0 Å². The van der Waals surface area contributed by atoms with Gasteiger partial charge in [-0.2, -0.15) is 0 Å². The van der Waals surface area contributed by atoms with Crippen LogP contribution in [0.15, 0.2) is 54.9 Å². The molecule has 0 unspecified atom stereocenters. The molecule has 1 N–H and O–H groups in total. The van der Waals surface area contributed by atoms with Crippen LogP contribution in [0.5, 0.6) is 0 Å². The average Bonchev–Trinajstić information content (AvgIpc) is 2.49. The van der Waals surface area contributed by atoms with Crippen LogP contribution in [-0.4, -0.2) is 15.9 Å². The summed E-state index contributed by atoms with van der Waals surface area (Å²) in [7, 11) is 0. The molecule has 0 spiro atoms. The van der Waals surface area contributed by atoms with Gasteiger partial charge < -0.3 is 5.32 Å². The molecule has 3 aromatic rings. The number of halogens is 1. The number of benzene rings is 1. The number of aromatic nitrogens is 2. The van der Waals surface area contributed by atoms with Crippen molar-refractivity contribution >= 4 is 22.5 Å². The summed E-state index contributed by atoms with van der Waals surface area (Å²) in [4.78, 5) is 20.3. The van der Waals surface area contributed by atoms with Gasteiger partial charge in [-0.05, 0) is 42.5 Å². The molecule has 1 aromatic carbocycles. The van der Waals surface area contributed by atoms with Crippen LogP contribution >= 0.6 is 0 Å². The molecule has 0 aliphatic carbocycles. The van der Waals surface area contributed by atoms with Crippen LogP contribution < -0.4 is 5.32 Å². The van der Waals surface area contributed by atoms with Gasteiger partial charge in [0.15, 0.2) is 0 Å². The van der Waals surface area contributed by atoms with Gasteiger partial charge in [-0.1, -0.05) is 0 Å². The van der Waals surface area contributed by atoms with Gasteiger partial charge in [0.25, 0.3) is 5.91 Å². The number of rotatable bonds is 2. The fourth-order valence-corrected chi connectivity index (χ4v) is 1.82. The lowest BCUT2D eigenvalue weighted by atomic mass is 10.2. The normalized spacial score (nSPS) is 10.4. The molecule has 3 rings (SSSR count). The topological polar surface area (TPSA) is 54.9 Å². The van der Waals surface area contributed by atoms with E-state index < -0.39 is 0 Å². The number of nitrogens with zero attached hydrogens (tertiary/aromatic N) is 2. The molecule has 2 aromatic heterocycles. The van der Waals surface area contributed by atoms with Gasteiger partial charge in [0.2, 0.25) is 0 Å². The summed E-state index contributed by atoms with van der Waals surface area (Å²) in [6, 6.07) is 10.7. The van der Waals surface area contributed by atoms with Crippen LogP contribution in [0, 0.1) is 5.82 Å². The molecule has 4 nitrogen and oxygen atoms in total. The highest BCUT2D eigenvalue weighted by Crippen LogP contribution is 2.13. The quantitative estimate of drug-likeness (QED) is 0.776. The Morgan fingerprint density at radius 2 is 1.85 bits per heavy atom. The summed E-state index contributed by atoms with van der Waals surface area (Å²) in [6.07, 6.45) is 3.31. The fourth-order valence-electron chi connectivity index (χ4n) is 1.82. The van der Waals surface area contributed by atoms with Gasteiger partial charge >= 0.3 is 0 Å². The molecule has 0 aliphatic heterocycles. The first-order valence-corrected chi connectivity index (χ1v) is 6.00. The van der Waals surface area contributed by atoms with E-state index in [9.17, 15) is 9.18 Å². The third-order valence-electron chi connectivity index (χ3n) is 2.82. The van der Waals surface area contributed by atoms with Crippen molar-refractivity contribution in [2.45, 2.75) is 0 Å². The molecule has 20 heavy (non-hydrogen) atoms. The molecule has 0 atom stereocenters. The number of anilines is 1. The molecule has 0 bridgehead atoms. The molecule has 2 heterocycles. The van der Waals surface area contributed by atoms with Gasteiger partial charge in [-0.25, -0.2) is 9.37 Å². The second-order valence-electron chi connectivity index (χ2n) is 4.23. The summed E-state index contributed by atoms with van der Waals surface area (Å²) in [5.74, 6) is -0.686. The Morgan fingerprint density at radius 1 is 1.05 bits per heavy atom. The Kier molecular flexibility index (Phi) is 3.09. The van der Waals surface area contributed by atoms with E-state index in [2.05, 4.69) is 15.3 Å². The van der Waals surface area contributed by atoms with Gasteiger partial charge in [-0.3, -0.25) is 9.78 Å². The summed E-state index contributed by atoms with van der Waals surface area (Å²) >= 11 is 0. The number of amides is 1. The Morgan fingerprint density at radius 3 is 2.65 bits per heavy atom. The maximum atomic E-state index is 12.8. The van der Waals surface area contributed by atoms with E-state index in [4.69, 9.17) is 0 Å². The molecule has 0 fully saturated rings. The van der Waals surface area contributed by atoms with E-state index in [-0.39, 0.29) is 11.7 Å². The zero-order valence-electron chi connectivity index (χ0n) is 10.4. The summed E-state index contributed by atoms with van der Waals surface area (Å²) in [5.41, 5.74) is 1.52. The minimum absolute atomic E-state index is 0.299. The largest absolute Gasteiger partial charge is 0.321 e. The molecule has 0 aliphatic rings. The van der Waals surface area contributed by atoms with E-state index in [0.717, 1.165) is 5.39 Å². The van der Waals surface area contributed by atoms with Crippen molar-refractivity contribution in [3.05, 3.63) is 66.4 Å². The lowest BCUT2D eigenvalue weighted by Crippen LogP contribution is -2.13. The lowest BCUT2D eigenvalue weighted by Gasteiger charge is -2.05. The van der Waals surface area contributed by atoms with Crippen molar-refractivity contribution in [1.29, 1.82) is 0 Å². The third kappa shape index (κ3) is 2.47. The molecule has 0 saturated carbocycles. The molecular formula is C15H10FN3O. The monoisotopic (exact) mass is 267 g/mol. The number of carbonyl (C=O) groups excluding carboxylic acids is 1. The minimum atomic E-state index is -0.348. The second-order valence-corrected chi connectivity index (χ2v) is 4.23. The maximum absolute atomic E-state index is 12.8. The lowest BCUT2D eigenvalue weighted by molar-refractivity contribution is 0.102. The summed E-state index contributed by atoms with van der Waals surface area (Å²) < 4.78 is 12.8. The Balaban J connectivity index is 1.86. The first-order chi connectivity index (χ1) is 9.72. The van der Waals surface area contributed by atoms with Crippen molar-refractivity contribution < 1.29 is 9.18 Å². The molecule has 0 radical (unpaired) electrons. The number of hydrogen-bond donors (Lipinski definition) is 1. The Bertz CT molecular complexity index is 771. The molecule has 5 heteroatoms. The van der Waals surface area contributed by atoms with Gasteiger partial charge in [0.1, 0.15) is 11.5 Å². The van der Waals surface area contributed by atoms with E-state index in [1.165, 1.54) is 24.3 Å². The van der Waals surface area contributed by atoms with E-state index in [1.807, 2.05) is 0 Å². The zero-order chi connectivity index (χ0) is 13.9. The highest BCUT2D eigenvalue weighted by atomic mass is 19.1. The second kappa shape index (κ2) is 5.05. The maximum Gasteiger partial charge on any atom is 0.274 e. The van der Waals surface area contributed by atoms with E-state index >= 15 is 0 Å². The SMILES string of the molecule is O=C(Nc1ccc(F)cc1)c1ccc2cnccc2n1. The number of pyridine rings is 2. The molecule has 1 amide bonds. The van der Waals surface area contributed by atoms with Crippen LogP contribution in [0.25, 0.3) is 10.9 Å². The van der Waals surface area contributed by atoms with E-state index in [0.29, 0.717) is 16.9 Å². The van der Waals surface area contributed by atoms with Gasteiger partial charge in [0, 0.05) is 23.5 Å². The highest BCUT2D eigenvalue weighted by Gasteiger charge is 2.08.